The van der Waals surface area contributed by atoms with Crippen molar-refractivity contribution in [2.45, 2.75) is 19.4 Å². The molecule has 2 amide bonds. The van der Waals surface area contributed by atoms with Gasteiger partial charge in [0.1, 0.15) is 5.75 Å². The topological polar surface area (TPSA) is 90.5 Å². The lowest BCUT2D eigenvalue weighted by Gasteiger charge is -2.20. The van der Waals surface area contributed by atoms with Crippen molar-refractivity contribution < 1.29 is 19.4 Å². The average molecular weight is 327 g/mol. The highest BCUT2D eigenvalue weighted by Gasteiger charge is 2.16. The maximum absolute atomic E-state index is 12.2. The number of nitrogens with one attached hydrogen (secondary N) is 2. The Hall–Kier alpha value is -3.02. The van der Waals surface area contributed by atoms with Gasteiger partial charge in [0, 0.05) is 12.4 Å². The molecule has 0 radical (unpaired) electrons. The fourth-order valence-electron chi connectivity index (χ4n) is 2.28. The number of carboxylic acids is 1. The molecule has 2 aromatic carbocycles. The van der Waals surface area contributed by atoms with Crippen LogP contribution in [-0.2, 0) is 4.79 Å². The fraction of sp³-hybridized carbons (Fsp3) is 0.222. The third-order valence-corrected chi connectivity index (χ3v) is 3.51. The maximum atomic E-state index is 12.2. The number of anilines is 1. The minimum atomic E-state index is -1.24. The standard InChI is InChI=1S/C18H20N2O4/c1-12-7-9-13(10-8-12)15(11-17(21)22)20-18(23)19-14-5-3-4-6-16(14)24-2/h3-10,15H,11H2,1-2H3,(H,21,22)(H2,19,20,23)/p-1/t15-/m0/s1. The molecule has 0 spiro atoms. The molecule has 0 fully saturated rings. The number of amides is 2. The van der Waals surface area contributed by atoms with Crippen molar-refractivity contribution in [3.63, 3.8) is 0 Å². The molecule has 0 heterocycles. The zero-order chi connectivity index (χ0) is 17.5. The molecule has 2 N–H and O–H groups in total. The summed E-state index contributed by atoms with van der Waals surface area (Å²) in [6.07, 6.45) is -0.317. The van der Waals surface area contributed by atoms with Crippen LogP contribution in [0.25, 0.3) is 0 Å². The molecule has 0 unspecified atom stereocenters. The number of carboxylic acid groups (broad SMARTS) is 1. The smallest absolute Gasteiger partial charge is 0.319 e. The quantitative estimate of drug-likeness (QED) is 0.849. The van der Waals surface area contributed by atoms with Gasteiger partial charge in [0.2, 0.25) is 0 Å². The second-order valence-corrected chi connectivity index (χ2v) is 5.34. The Morgan fingerprint density at radius 1 is 1.12 bits per heavy atom. The van der Waals surface area contributed by atoms with Gasteiger partial charge >= 0.3 is 6.03 Å². The number of methoxy groups -OCH3 is 1. The van der Waals surface area contributed by atoms with Crippen LogP contribution < -0.4 is 20.5 Å². The molecule has 1 atom stereocenters. The number of rotatable bonds is 6. The van der Waals surface area contributed by atoms with Crippen LogP contribution in [0.4, 0.5) is 10.5 Å². The number of carbonyl (C=O) groups excluding carboxylic acids is 2. The third kappa shape index (κ3) is 4.74. The van der Waals surface area contributed by atoms with E-state index in [1.165, 1.54) is 7.11 Å². The van der Waals surface area contributed by atoms with Crippen LogP contribution in [0.2, 0.25) is 0 Å². The first kappa shape index (κ1) is 17.3. The number of hydrogen-bond donors (Lipinski definition) is 2. The molecule has 6 heteroatoms. The molecular weight excluding hydrogens is 308 g/mol. The van der Waals surface area contributed by atoms with Gasteiger partial charge in [-0.05, 0) is 24.6 Å². The minimum absolute atomic E-state index is 0.317. The molecule has 2 rings (SSSR count). The Labute approximate surface area is 140 Å². The summed E-state index contributed by atoms with van der Waals surface area (Å²) in [5, 5.41) is 16.3. The number of ether oxygens (including phenoxy) is 1. The molecule has 24 heavy (non-hydrogen) atoms. The monoisotopic (exact) mass is 327 g/mol. The summed E-state index contributed by atoms with van der Waals surface area (Å²) in [7, 11) is 1.50. The van der Waals surface area contributed by atoms with Crippen LogP contribution in [0.5, 0.6) is 5.75 Å². The Bertz CT molecular complexity index is 713. The number of benzene rings is 2. The highest BCUT2D eigenvalue weighted by atomic mass is 16.5. The van der Waals surface area contributed by atoms with Crippen molar-refractivity contribution in [1.82, 2.24) is 5.32 Å². The Morgan fingerprint density at radius 2 is 1.79 bits per heavy atom. The Morgan fingerprint density at radius 3 is 2.42 bits per heavy atom. The van der Waals surface area contributed by atoms with Gasteiger partial charge in [-0.2, -0.15) is 0 Å². The lowest BCUT2D eigenvalue weighted by Crippen LogP contribution is -2.36. The zero-order valence-electron chi connectivity index (χ0n) is 13.5. The first-order chi connectivity index (χ1) is 11.5. The van der Waals surface area contributed by atoms with E-state index in [0.717, 1.165) is 5.56 Å². The highest BCUT2D eigenvalue weighted by molar-refractivity contribution is 5.91. The van der Waals surface area contributed by atoms with E-state index in [2.05, 4.69) is 10.6 Å². The SMILES string of the molecule is COc1ccccc1NC(=O)N[C@@H](CC(=O)[O-])c1ccc(C)cc1. The molecule has 0 aliphatic carbocycles. The number of hydrogen-bond acceptors (Lipinski definition) is 4. The molecule has 0 saturated heterocycles. The molecule has 0 saturated carbocycles. The van der Waals surface area contributed by atoms with Crippen LogP contribution in [0.3, 0.4) is 0 Å². The predicted octanol–water partition coefficient (Wildman–Crippen LogP) is 2.01. The molecule has 0 aliphatic rings. The summed E-state index contributed by atoms with van der Waals surface area (Å²) < 4.78 is 5.17. The maximum Gasteiger partial charge on any atom is 0.319 e. The molecule has 0 aromatic heterocycles. The molecule has 126 valence electrons. The summed E-state index contributed by atoms with van der Waals surface area (Å²) in [4.78, 5) is 23.2. The van der Waals surface area contributed by atoms with Crippen molar-refractivity contribution in [3.05, 3.63) is 59.7 Å². The van der Waals surface area contributed by atoms with Gasteiger partial charge in [-0.1, -0.05) is 42.0 Å². The van der Waals surface area contributed by atoms with E-state index in [-0.39, 0.29) is 6.42 Å². The van der Waals surface area contributed by atoms with E-state index in [9.17, 15) is 14.7 Å². The van der Waals surface area contributed by atoms with Crippen LogP contribution in [0.15, 0.2) is 48.5 Å². The minimum Gasteiger partial charge on any atom is -0.550 e. The van der Waals surface area contributed by atoms with Gasteiger partial charge < -0.3 is 25.3 Å². The largest absolute Gasteiger partial charge is 0.550 e. The third-order valence-electron chi connectivity index (χ3n) is 3.51. The average Bonchev–Trinajstić information content (AvgIpc) is 2.55. The van der Waals surface area contributed by atoms with Crippen molar-refractivity contribution in [2.75, 3.05) is 12.4 Å². The molecule has 0 aliphatic heterocycles. The van der Waals surface area contributed by atoms with Gasteiger partial charge in [0.15, 0.2) is 0 Å². The van der Waals surface area contributed by atoms with Crippen molar-refractivity contribution >= 4 is 17.7 Å². The lowest BCUT2D eigenvalue weighted by atomic mass is 10.0. The normalized spacial score (nSPS) is 11.4. The summed E-state index contributed by atoms with van der Waals surface area (Å²) >= 11 is 0. The van der Waals surface area contributed by atoms with E-state index in [1.807, 2.05) is 19.1 Å². The number of carbonyl (C=O) groups is 2. The molecule has 6 nitrogen and oxygen atoms in total. The van der Waals surface area contributed by atoms with Crippen molar-refractivity contribution in [2.24, 2.45) is 0 Å². The summed E-state index contributed by atoms with van der Waals surface area (Å²) in [5.74, 6) is -0.724. The molecule has 2 aromatic rings. The van der Waals surface area contributed by atoms with E-state index in [0.29, 0.717) is 17.0 Å². The second kappa shape index (κ2) is 8.01. The van der Waals surface area contributed by atoms with E-state index in [1.54, 1.807) is 36.4 Å². The van der Waals surface area contributed by atoms with Gasteiger partial charge in [-0.25, -0.2) is 4.79 Å². The Balaban J connectivity index is 2.12. The number of aliphatic carboxylic acids is 1. The number of urea groups is 1. The first-order valence-corrected chi connectivity index (χ1v) is 7.46. The predicted molar refractivity (Wildman–Crippen MR) is 88.7 cm³/mol. The van der Waals surface area contributed by atoms with Crippen LogP contribution in [0.1, 0.15) is 23.6 Å². The zero-order valence-corrected chi connectivity index (χ0v) is 13.5. The van der Waals surface area contributed by atoms with Crippen LogP contribution >= 0.6 is 0 Å². The van der Waals surface area contributed by atoms with Crippen molar-refractivity contribution in [3.8, 4) is 5.75 Å². The molecular formula is C18H19N2O4-. The van der Waals surface area contributed by atoms with E-state index < -0.39 is 18.0 Å². The lowest BCUT2D eigenvalue weighted by molar-refractivity contribution is -0.306. The summed E-state index contributed by atoms with van der Waals surface area (Å²) in [6.45, 7) is 1.93. The van der Waals surface area contributed by atoms with Gasteiger partial charge in [-0.3, -0.25) is 0 Å². The number of para-hydroxylation sites is 2. The van der Waals surface area contributed by atoms with E-state index >= 15 is 0 Å². The first-order valence-electron chi connectivity index (χ1n) is 7.46. The second-order valence-electron chi connectivity index (χ2n) is 5.34. The van der Waals surface area contributed by atoms with Gasteiger partial charge in [0.25, 0.3) is 0 Å². The fourth-order valence-corrected chi connectivity index (χ4v) is 2.28. The Kier molecular flexibility index (Phi) is 5.78. The highest BCUT2D eigenvalue weighted by Crippen LogP contribution is 2.23. The summed E-state index contributed by atoms with van der Waals surface area (Å²) in [5.41, 5.74) is 2.23. The summed E-state index contributed by atoms with van der Waals surface area (Å²) in [6, 6.07) is 13.0. The number of aryl methyl sites for hydroxylation is 1. The molecule has 0 bridgehead atoms. The van der Waals surface area contributed by atoms with Gasteiger partial charge in [0.05, 0.1) is 18.8 Å². The van der Waals surface area contributed by atoms with Crippen LogP contribution in [-0.4, -0.2) is 19.1 Å². The van der Waals surface area contributed by atoms with E-state index in [4.69, 9.17) is 4.74 Å². The van der Waals surface area contributed by atoms with Gasteiger partial charge in [-0.15, -0.1) is 0 Å². The van der Waals surface area contributed by atoms with Crippen LogP contribution in [0, 0.1) is 6.92 Å². The van der Waals surface area contributed by atoms with Crippen molar-refractivity contribution in [1.29, 1.82) is 0 Å².